The van der Waals surface area contributed by atoms with E-state index in [0.717, 1.165) is 23.7 Å². The van der Waals surface area contributed by atoms with Crippen LogP contribution in [0.15, 0.2) is 29.2 Å². The van der Waals surface area contributed by atoms with E-state index < -0.39 is 59.1 Å². The zero-order chi connectivity index (χ0) is 71.3. The standard InChI is InChI=1S/C27H41NO6S.C19H34O5.C15H26O5.C9H17BrO2.K.H2O/c1-9-33-23(29)25(4,5)17-11-19-27(28-8,20-12-18-26(6,7)24(30)34-10-2)35(31,32)22-15-13-21(3)14-16-22;1-7-23-16(21)18(3,4)13-9-11-15(20)12-10-14-19(5,6)17(22)24-8-2;1-14(2,12(17)18)9-5-7-11(16)8-6-10-15(3,4)13(19)20;1-4-12-8(11)9(2,3)6-5-7-10;;/h13-16H,9-12,17-20H2,1-7H3;7-14H2,1-6H3;5-10H2,1-4H3,(H,17,18)(H,19,20);4-7H2,1-3H3;;1H2/q;;;;+1;/p-1. The van der Waals surface area contributed by atoms with Gasteiger partial charge in [-0.3, -0.25) is 48.0 Å². The van der Waals surface area contributed by atoms with Gasteiger partial charge in [-0.1, -0.05) is 33.6 Å². The average molecular weight is 1430 g/mol. The predicted octanol–water partition coefficient (Wildman–Crippen LogP) is 12.7. The minimum absolute atomic E-state index is 0. The van der Waals surface area contributed by atoms with Crippen molar-refractivity contribution in [3.05, 3.63) is 41.2 Å². The molecule has 0 bridgehead atoms. The molecule has 1 rings (SSSR count). The summed E-state index contributed by atoms with van der Waals surface area (Å²) in [6.45, 7) is 45.4. The van der Waals surface area contributed by atoms with Crippen LogP contribution in [0.5, 0.6) is 0 Å². The number of halogens is 1. The van der Waals surface area contributed by atoms with Crippen LogP contribution in [0.3, 0.4) is 0 Å². The molecule has 0 aliphatic carbocycles. The fourth-order valence-corrected chi connectivity index (χ4v) is 11.3. The number of aliphatic carboxylic acids is 2. The molecule has 0 amide bonds. The number of Topliss-reactive ketones (excluding diaryl/α,β-unsaturated/α-hetero) is 2. The maximum absolute atomic E-state index is 13.8. The van der Waals surface area contributed by atoms with Gasteiger partial charge in [-0.25, -0.2) is 15.0 Å². The SMILES string of the molecule is CC(C)(CCCC(=O)CCCC(C)(C)C(=O)O)C(=O)O.CCOC(=O)C(C)(C)CCCBr.CCOC(=O)C(C)(C)CCCC(=O)CCCC(C)(C)C(=O)OCC.[C-]#[N+]C(CCCC(C)(C)C(=O)OCC)(CCCC(C)(C)C(=O)OCC)S(=O)(=O)c1ccc(C)cc1.[K+].[OH-]. The molecule has 0 spiro atoms. The first-order valence-electron chi connectivity index (χ1n) is 32.4. The molecule has 0 unspecified atom stereocenters. The van der Waals surface area contributed by atoms with Gasteiger partial charge < -0.3 is 39.4 Å². The van der Waals surface area contributed by atoms with Gasteiger partial charge in [0.2, 0.25) is 0 Å². The van der Waals surface area contributed by atoms with Crippen molar-refractivity contribution in [2.24, 2.45) is 37.9 Å². The monoisotopic (exact) mass is 1430 g/mol. The summed E-state index contributed by atoms with van der Waals surface area (Å²) in [5.74, 6) is -2.66. The molecule has 0 aliphatic rings. The van der Waals surface area contributed by atoms with Crippen LogP contribution in [0.4, 0.5) is 0 Å². The van der Waals surface area contributed by atoms with Gasteiger partial charge in [0, 0.05) is 43.9 Å². The molecule has 0 aromatic heterocycles. The Kier molecular flexibility index (Phi) is 49.9. The smallest absolute Gasteiger partial charge is 0.870 e. The molecule has 20 nitrogen and oxygen atoms in total. The summed E-state index contributed by atoms with van der Waals surface area (Å²) in [5.41, 5.74) is -3.69. The first-order chi connectivity index (χ1) is 41.8. The minimum atomic E-state index is -4.01. The van der Waals surface area contributed by atoms with E-state index in [0.29, 0.717) is 123 Å². The van der Waals surface area contributed by atoms with Crippen LogP contribution in [-0.2, 0) is 76.7 Å². The maximum atomic E-state index is 13.8. The Hall–Kier alpha value is -3.63. The topological polar surface area (TPSA) is 309 Å². The molecular formula is C70H119BrKNO19S. The molecule has 0 saturated carbocycles. The molecule has 1 aromatic rings. The summed E-state index contributed by atoms with van der Waals surface area (Å²) in [4.78, 5) is 107. The van der Waals surface area contributed by atoms with E-state index in [-0.39, 0.29) is 135 Å². The van der Waals surface area contributed by atoms with Crippen molar-refractivity contribution in [1.82, 2.24) is 0 Å². The van der Waals surface area contributed by atoms with E-state index in [2.05, 4.69) is 20.8 Å². The number of carbonyl (C=O) groups is 9. The molecule has 3 N–H and O–H groups in total. The molecule has 0 saturated heterocycles. The summed E-state index contributed by atoms with van der Waals surface area (Å²) in [6, 6.07) is 6.51. The van der Waals surface area contributed by atoms with Gasteiger partial charge in [-0.15, -0.1) is 0 Å². The number of carbonyl (C=O) groups excluding carboxylic acids is 7. The Balaban J connectivity index is -0.000000391. The molecule has 93 heavy (non-hydrogen) atoms. The summed E-state index contributed by atoms with van der Waals surface area (Å²) in [5, 5.41) is 18.8. The Morgan fingerprint density at radius 2 is 0.645 bits per heavy atom. The average Bonchev–Trinajstić information content (AvgIpc) is 0.769. The number of rotatable bonds is 41. The Morgan fingerprint density at radius 1 is 0.419 bits per heavy atom. The molecule has 532 valence electrons. The number of carboxylic acid groups (broad SMARTS) is 2. The van der Waals surface area contributed by atoms with Crippen molar-refractivity contribution in [3.63, 3.8) is 0 Å². The minimum Gasteiger partial charge on any atom is -0.870 e. The second-order valence-electron chi connectivity index (χ2n) is 27.8. The number of hydrogen-bond acceptors (Lipinski definition) is 17. The van der Waals surface area contributed by atoms with E-state index in [1.807, 2.05) is 55.4 Å². The van der Waals surface area contributed by atoms with Crippen LogP contribution >= 0.6 is 15.9 Å². The fourth-order valence-electron chi connectivity index (χ4n) is 9.14. The zero-order valence-electron chi connectivity index (χ0n) is 60.8. The number of hydrogen-bond donors (Lipinski definition) is 2. The number of benzene rings is 1. The summed E-state index contributed by atoms with van der Waals surface area (Å²) in [7, 11) is -4.01. The Bertz CT molecular complexity index is 2480. The number of sulfone groups is 1. The van der Waals surface area contributed by atoms with Crippen molar-refractivity contribution in [1.29, 1.82) is 0 Å². The Morgan fingerprint density at radius 3 is 0.860 bits per heavy atom. The van der Waals surface area contributed by atoms with Crippen LogP contribution in [0.25, 0.3) is 4.85 Å². The predicted molar refractivity (Wildman–Crippen MR) is 361 cm³/mol. The number of ketones is 2. The van der Waals surface area contributed by atoms with Gasteiger partial charge in [-0.2, -0.15) is 0 Å². The molecule has 0 radical (unpaired) electrons. The fraction of sp³-hybridized carbons (Fsp3) is 0.771. The van der Waals surface area contributed by atoms with Crippen molar-refractivity contribution in [2.45, 2.75) is 277 Å². The second-order valence-corrected chi connectivity index (χ2v) is 30.8. The van der Waals surface area contributed by atoms with Crippen molar-refractivity contribution < 1.29 is 142 Å². The van der Waals surface area contributed by atoms with Gasteiger partial charge in [-0.05, 0) is 240 Å². The van der Waals surface area contributed by atoms with E-state index in [9.17, 15) is 51.6 Å². The molecule has 0 heterocycles. The van der Waals surface area contributed by atoms with E-state index in [1.165, 1.54) is 12.1 Å². The third-order valence-electron chi connectivity index (χ3n) is 16.0. The van der Waals surface area contributed by atoms with Gasteiger partial charge >= 0.3 is 98.0 Å². The van der Waals surface area contributed by atoms with Gasteiger partial charge in [0.15, 0.2) is 0 Å². The second kappa shape index (κ2) is 47.3. The normalized spacial score (nSPS) is 11.9. The number of esters is 5. The van der Waals surface area contributed by atoms with Gasteiger partial charge in [0.25, 0.3) is 9.84 Å². The molecule has 1 aromatic carbocycles. The summed E-state index contributed by atoms with van der Waals surface area (Å²) >= 11 is 3.34. The number of carboxylic acids is 2. The molecule has 0 atom stereocenters. The number of nitrogens with zero attached hydrogens (tertiary/aromatic N) is 1. The van der Waals surface area contributed by atoms with Crippen molar-refractivity contribution in [2.75, 3.05) is 38.4 Å². The van der Waals surface area contributed by atoms with Crippen LogP contribution in [0.1, 0.15) is 266 Å². The van der Waals surface area contributed by atoms with Crippen molar-refractivity contribution in [3.8, 4) is 0 Å². The number of aryl methyl sites for hydroxylation is 1. The summed E-state index contributed by atoms with van der Waals surface area (Å²) < 4.78 is 52.9. The third-order valence-corrected chi connectivity index (χ3v) is 19.0. The van der Waals surface area contributed by atoms with E-state index in [1.54, 1.807) is 95.2 Å². The number of ether oxygens (including phenoxy) is 5. The van der Waals surface area contributed by atoms with Crippen LogP contribution in [0, 0.1) is 51.4 Å². The largest absolute Gasteiger partial charge is 1.00 e. The number of alkyl halides is 1. The maximum Gasteiger partial charge on any atom is 1.00 e. The van der Waals surface area contributed by atoms with E-state index in [4.69, 9.17) is 40.5 Å². The van der Waals surface area contributed by atoms with Gasteiger partial charge in [0.05, 0.1) is 75.8 Å². The van der Waals surface area contributed by atoms with Gasteiger partial charge in [0.1, 0.15) is 11.6 Å². The van der Waals surface area contributed by atoms with E-state index >= 15 is 0 Å². The quantitative estimate of drug-likeness (QED) is 0.0202. The molecule has 23 heteroatoms. The zero-order valence-corrected chi connectivity index (χ0v) is 66.3. The molecule has 0 aliphatic heterocycles. The Labute approximate surface area is 610 Å². The van der Waals surface area contributed by atoms with Crippen LogP contribution in [-0.4, -0.2) is 121 Å². The molecule has 0 fully saturated rings. The van der Waals surface area contributed by atoms with Crippen LogP contribution < -0.4 is 51.4 Å². The van der Waals surface area contributed by atoms with Crippen molar-refractivity contribution >= 4 is 79.1 Å². The first kappa shape index (κ1) is 98.0. The molecular weight excluding hydrogens is 1310 g/mol. The summed E-state index contributed by atoms with van der Waals surface area (Å²) in [6.07, 6.45) is 9.84. The first-order valence-corrected chi connectivity index (χ1v) is 35.0. The van der Waals surface area contributed by atoms with Crippen LogP contribution in [0.2, 0.25) is 0 Å². The third kappa shape index (κ3) is 38.8.